The lowest BCUT2D eigenvalue weighted by Gasteiger charge is -2.22. The molecule has 1 saturated heterocycles. The Balaban J connectivity index is 1.96. The first kappa shape index (κ1) is 15.2. The Hall–Kier alpha value is -0.810. The number of amides is 1. The molecule has 0 atom stereocenters. The minimum Gasteiger partial charge on any atom is -0.444 e. The molecule has 1 heterocycles. The van der Waals surface area contributed by atoms with E-state index in [0.717, 1.165) is 39.1 Å². The monoisotopic (exact) mass is 258 g/mol. The van der Waals surface area contributed by atoms with Gasteiger partial charge in [-0.2, -0.15) is 0 Å². The second-order valence-electron chi connectivity index (χ2n) is 5.69. The lowest BCUT2D eigenvalue weighted by molar-refractivity contribution is 0.0527. The maximum atomic E-state index is 11.3. The Morgan fingerprint density at radius 2 is 1.94 bits per heavy atom. The van der Waals surface area contributed by atoms with Gasteiger partial charge in [-0.15, -0.1) is 0 Å². The number of ether oxygens (including phenoxy) is 2. The molecule has 106 valence electrons. The summed E-state index contributed by atoms with van der Waals surface area (Å²) in [7, 11) is 0. The van der Waals surface area contributed by atoms with Crippen LogP contribution in [0.3, 0.4) is 0 Å². The average molecular weight is 258 g/mol. The van der Waals surface area contributed by atoms with Crippen LogP contribution < -0.4 is 10.6 Å². The molecule has 0 aromatic heterocycles. The number of carbonyl (C=O) groups is 1. The van der Waals surface area contributed by atoms with E-state index in [-0.39, 0.29) is 6.09 Å². The van der Waals surface area contributed by atoms with Gasteiger partial charge in [0.2, 0.25) is 0 Å². The number of nitrogens with one attached hydrogen (secondary N) is 2. The zero-order valence-corrected chi connectivity index (χ0v) is 11.8. The molecule has 0 bridgehead atoms. The summed E-state index contributed by atoms with van der Waals surface area (Å²) in [6.07, 6.45) is 1.91. The third-order valence-electron chi connectivity index (χ3n) is 2.74. The van der Waals surface area contributed by atoms with Crippen LogP contribution in [0.5, 0.6) is 0 Å². The predicted molar refractivity (Wildman–Crippen MR) is 70.6 cm³/mol. The summed E-state index contributed by atoms with van der Waals surface area (Å²) in [5.74, 6) is 0.709. The summed E-state index contributed by atoms with van der Waals surface area (Å²) >= 11 is 0. The fourth-order valence-corrected chi connectivity index (χ4v) is 1.82. The Kier molecular flexibility index (Phi) is 6.43. The molecule has 1 amide bonds. The van der Waals surface area contributed by atoms with Gasteiger partial charge in [-0.1, -0.05) is 0 Å². The Morgan fingerprint density at radius 3 is 2.56 bits per heavy atom. The van der Waals surface area contributed by atoms with Gasteiger partial charge < -0.3 is 20.1 Å². The smallest absolute Gasteiger partial charge is 0.407 e. The molecule has 0 unspecified atom stereocenters. The lowest BCUT2D eigenvalue weighted by Crippen LogP contribution is -2.37. The molecule has 1 rings (SSSR count). The van der Waals surface area contributed by atoms with E-state index in [4.69, 9.17) is 9.47 Å². The van der Waals surface area contributed by atoms with Gasteiger partial charge in [0.15, 0.2) is 0 Å². The molecule has 0 aromatic rings. The maximum Gasteiger partial charge on any atom is 0.407 e. The lowest BCUT2D eigenvalue weighted by atomic mass is 10.0. The largest absolute Gasteiger partial charge is 0.444 e. The number of rotatable bonds is 5. The molecule has 5 nitrogen and oxygen atoms in total. The van der Waals surface area contributed by atoms with Crippen LogP contribution in [0.25, 0.3) is 0 Å². The van der Waals surface area contributed by atoms with Crippen molar-refractivity contribution < 1.29 is 14.3 Å². The van der Waals surface area contributed by atoms with Gasteiger partial charge in [-0.3, -0.25) is 0 Å². The zero-order valence-electron chi connectivity index (χ0n) is 11.8. The molecule has 1 aliphatic heterocycles. The van der Waals surface area contributed by atoms with Crippen molar-refractivity contribution in [1.82, 2.24) is 10.6 Å². The van der Waals surface area contributed by atoms with Gasteiger partial charge in [0.1, 0.15) is 5.60 Å². The zero-order chi connectivity index (χ0) is 13.4. The quantitative estimate of drug-likeness (QED) is 0.734. The molecule has 2 N–H and O–H groups in total. The summed E-state index contributed by atoms with van der Waals surface area (Å²) in [5.41, 5.74) is -0.431. The molecular weight excluding hydrogens is 232 g/mol. The van der Waals surface area contributed by atoms with Gasteiger partial charge in [0.25, 0.3) is 0 Å². The molecule has 5 heteroatoms. The first-order valence-corrected chi connectivity index (χ1v) is 6.73. The topological polar surface area (TPSA) is 59.6 Å². The first-order chi connectivity index (χ1) is 8.47. The second kappa shape index (κ2) is 7.59. The van der Waals surface area contributed by atoms with E-state index in [1.54, 1.807) is 0 Å². The van der Waals surface area contributed by atoms with Crippen LogP contribution in [-0.4, -0.2) is 44.5 Å². The SMILES string of the molecule is CC(C)(C)OC(=O)NCCNCC1CCOCC1. The van der Waals surface area contributed by atoms with E-state index in [1.165, 1.54) is 0 Å². The van der Waals surface area contributed by atoms with Crippen LogP contribution in [-0.2, 0) is 9.47 Å². The molecule has 0 spiro atoms. The summed E-state index contributed by atoms with van der Waals surface area (Å²) in [5, 5.41) is 6.08. The molecule has 0 radical (unpaired) electrons. The highest BCUT2D eigenvalue weighted by molar-refractivity contribution is 5.67. The van der Waals surface area contributed by atoms with Crippen molar-refractivity contribution in [2.45, 2.75) is 39.2 Å². The average Bonchev–Trinajstić information content (AvgIpc) is 2.27. The van der Waals surface area contributed by atoms with E-state index < -0.39 is 5.60 Å². The van der Waals surface area contributed by atoms with Crippen molar-refractivity contribution in [3.05, 3.63) is 0 Å². The molecule has 18 heavy (non-hydrogen) atoms. The normalized spacial score (nSPS) is 17.5. The Labute approximate surface area is 110 Å². The predicted octanol–water partition coefficient (Wildman–Crippen LogP) is 1.53. The first-order valence-electron chi connectivity index (χ1n) is 6.73. The van der Waals surface area contributed by atoms with Gasteiger partial charge in [0, 0.05) is 26.3 Å². The molecule has 1 aliphatic rings. The Bertz CT molecular complexity index is 245. The van der Waals surface area contributed by atoms with E-state index in [1.807, 2.05) is 20.8 Å². The number of carbonyl (C=O) groups excluding carboxylic acids is 1. The summed E-state index contributed by atoms with van der Waals surface area (Å²) in [4.78, 5) is 11.3. The highest BCUT2D eigenvalue weighted by Gasteiger charge is 2.15. The third kappa shape index (κ3) is 7.50. The van der Waals surface area contributed by atoms with Crippen LogP contribution in [0.4, 0.5) is 4.79 Å². The van der Waals surface area contributed by atoms with E-state index in [9.17, 15) is 4.79 Å². The van der Waals surface area contributed by atoms with Crippen molar-refractivity contribution >= 4 is 6.09 Å². The molecule has 0 aliphatic carbocycles. The van der Waals surface area contributed by atoms with Crippen LogP contribution in [0.15, 0.2) is 0 Å². The van der Waals surface area contributed by atoms with E-state index in [0.29, 0.717) is 12.5 Å². The minimum atomic E-state index is -0.431. The van der Waals surface area contributed by atoms with Crippen molar-refractivity contribution in [3.63, 3.8) is 0 Å². The highest BCUT2D eigenvalue weighted by atomic mass is 16.6. The maximum absolute atomic E-state index is 11.3. The van der Waals surface area contributed by atoms with Gasteiger partial charge in [0.05, 0.1) is 0 Å². The standard InChI is InChI=1S/C13H26N2O3/c1-13(2,3)18-12(16)15-7-6-14-10-11-4-8-17-9-5-11/h11,14H,4-10H2,1-3H3,(H,15,16). The second-order valence-corrected chi connectivity index (χ2v) is 5.69. The number of hydrogen-bond acceptors (Lipinski definition) is 4. The number of alkyl carbamates (subject to hydrolysis) is 1. The van der Waals surface area contributed by atoms with Crippen molar-refractivity contribution in [2.75, 3.05) is 32.8 Å². The van der Waals surface area contributed by atoms with Crippen molar-refractivity contribution in [1.29, 1.82) is 0 Å². The molecule has 0 saturated carbocycles. The van der Waals surface area contributed by atoms with Crippen molar-refractivity contribution in [2.24, 2.45) is 5.92 Å². The van der Waals surface area contributed by atoms with Gasteiger partial charge in [-0.05, 0) is 46.1 Å². The summed E-state index contributed by atoms with van der Waals surface area (Å²) in [6.45, 7) is 9.70. The summed E-state index contributed by atoms with van der Waals surface area (Å²) < 4.78 is 10.4. The van der Waals surface area contributed by atoms with Crippen LogP contribution in [0, 0.1) is 5.92 Å². The van der Waals surface area contributed by atoms with Crippen LogP contribution in [0.1, 0.15) is 33.6 Å². The Morgan fingerprint density at radius 1 is 1.28 bits per heavy atom. The number of hydrogen-bond donors (Lipinski definition) is 2. The van der Waals surface area contributed by atoms with E-state index >= 15 is 0 Å². The van der Waals surface area contributed by atoms with Gasteiger partial charge >= 0.3 is 6.09 Å². The fourth-order valence-electron chi connectivity index (χ4n) is 1.82. The summed E-state index contributed by atoms with van der Waals surface area (Å²) in [6, 6.07) is 0. The molecule has 0 aromatic carbocycles. The van der Waals surface area contributed by atoms with E-state index in [2.05, 4.69) is 10.6 Å². The van der Waals surface area contributed by atoms with Crippen LogP contribution in [0.2, 0.25) is 0 Å². The highest BCUT2D eigenvalue weighted by Crippen LogP contribution is 2.12. The fraction of sp³-hybridized carbons (Fsp3) is 0.923. The third-order valence-corrected chi connectivity index (χ3v) is 2.74. The van der Waals surface area contributed by atoms with Gasteiger partial charge in [-0.25, -0.2) is 4.79 Å². The van der Waals surface area contributed by atoms with Crippen molar-refractivity contribution in [3.8, 4) is 0 Å². The molecule has 1 fully saturated rings. The molecular formula is C13H26N2O3. The van der Waals surface area contributed by atoms with Crippen LogP contribution >= 0.6 is 0 Å². The minimum absolute atomic E-state index is 0.352.